The Balaban J connectivity index is 2.17. The number of hydrogen-bond acceptors (Lipinski definition) is 0. The van der Waals surface area contributed by atoms with Gasteiger partial charge in [0.1, 0.15) is 0 Å². The molecule has 1 heterocycles. The van der Waals surface area contributed by atoms with E-state index in [-0.39, 0.29) is 19.0 Å². The SMILES string of the molecule is C=c1cc2c([nH]1)=C(C)C=C2c1cc([SiH2]C)cc([SiH2]C)c1. The van der Waals surface area contributed by atoms with Crippen LogP contribution in [0, 0.1) is 0 Å². The predicted octanol–water partition coefficient (Wildman–Crippen LogP) is -0.275. The van der Waals surface area contributed by atoms with Crippen molar-refractivity contribution >= 4 is 47.1 Å². The molecule has 1 N–H and O–H groups in total. The Hall–Kier alpha value is -1.59. The van der Waals surface area contributed by atoms with Gasteiger partial charge < -0.3 is 4.98 Å². The van der Waals surface area contributed by atoms with Crippen LogP contribution in [0.5, 0.6) is 0 Å². The highest BCUT2D eigenvalue weighted by Crippen LogP contribution is 2.25. The van der Waals surface area contributed by atoms with Gasteiger partial charge in [-0.2, -0.15) is 0 Å². The van der Waals surface area contributed by atoms with E-state index in [1.807, 2.05) is 0 Å². The summed E-state index contributed by atoms with van der Waals surface area (Å²) in [5.41, 5.74) is 5.42. The third kappa shape index (κ3) is 2.17. The van der Waals surface area contributed by atoms with Gasteiger partial charge in [-0.05, 0) is 35.8 Å². The van der Waals surface area contributed by atoms with E-state index in [0.717, 1.165) is 5.35 Å². The number of benzene rings is 1. The maximum absolute atomic E-state index is 4.03. The van der Waals surface area contributed by atoms with Crippen molar-refractivity contribution in [3.63, 3.8) is 0 Å². The highest BCUT2D eigenvalue weighted by molar-refractivity contribution is 6.56. The lowest BCUT2D eigenvalue weighted by Crippen LogP contribution is -2.22. The van der Waals surface area contributed by atoms with Crippen LogP contribution in [0.2, 0.25) is 13.1 Å². The van der Waals surface area contributed by atoms with Crippen LogP contribution in [0.1, 0.15) is 18.1 Å². The minimum atomic E-state index is -0.103. The summed E-state index contributed by atoms with van der Waals surface area (Å²) in [6, 6.07) is 9.43. The molecule has 0 atom stereocenters. The molecule has 3 rings (SSSR count). The number of H-pyrrole nitrogens is 1. The van der Waals surface area contributed by atoms with E-state index in [0.29, 0.717) is 0 Å². The second-order valence-corrected chi connectivity index (χ2v) is 8.62. The summed E-state index contributed by atoms with van der Waals surface area (Å²) in [4.78, 5) is 3.38. The molecule has 0 radical (unpaired) electrons. The van der Waals surface area contributed by atoms with E-state index < -0.39 is 0 Å². The first kappa shape index (κ1) is 13.4. The summed E-state index contributed by atoms with van der Waals surface area (Å²) in [6.45, 7) is 11.0. The summed E-state index contributed by atoms with van der Waals surface area (Å²) in [7, 11) is -0.206. The van der Waals surface area contributed by atoms with Crippen molar-refractivity contribution in [3.8, 4) is 0 Å². The Morgan fingerprint density at radius 2 is 1.65 bits per heavy atom. The highest BCUT2D eigenvalue weighted by atomic mass is 28.2. The van der Waals surface area contributed by atoms with Gasteiger partial charge in [-0.15, -0.1) is 0 Å². The van der Waals surface area contributed by atoms with Crippen molar-refractivity contribution in [1.29, 1.82) is 0 Å². The molecule has 1 nitrogen and oxygen atoms in total. The van der Waals surface area contributed by atoms with Gasteiger partial charge in [0.25, 0.3) is 0 Å². The highest BCUT2D eigenvalue weighted by Gasteiger charge is 2.15. The normalized spacial score (nSPS) is 14.8. The molecule has 2 aromatic rings. The molecule has 0 saturated carbocycles. The quantitative estimate of drug-likeness (QED) is 0.750. The molecule has 0 bridgehead atoms. The van der Waals surface area contributed by atoms with Crippen molar-refractivity contribution in [2.45, 2.75) is 20.0 Å². The second kappa shape index (κ2) is 5.07. The second-order valence-electron chi connectivity index (χ2n) is 5.57. The molecule has 1 aromatic carbocycles. The molecule has 0 saturated heterocycles. The van der Waals surface area contributed by atoms with E-state index >= 15 is 0 Å². The van der Waals surface area contributed by atoms with Crippen LogP contribution in [-0.2, 0) is 0 Å². The zero-order valence-electron chi connectivity index (χ0n) is 12.5. The molecule has 0 spiro atoms. The van der Waals surface area contributed by atoms with Crippen molar-refractivity contribution in [1.82, 2.24) is 4.98 Å². The molecule has 20 heavy (non-hydrogen) atoms. The third-order valence-corrected chi connectivity index (χ3v) is 6.55. The first-order valence-electron chi connectivity index (χ1n) is 7.36. The fraction of sp³-hybridized carbons (Fsp3) is 0.176. The molecular weight excluding hydrogens is 274 g/mol. The maximum atomic E-state index is 4.03. The summed E-state index contributed by atoms with van der Waals surface area (Å²) in [6.07, 6.45) is 2.32. The smallest absolute Gasteiger partial charge is 0.0517 e. The number of nitrogens with one attached hydrogen (secondary N) is 1. The zero-order chi connectivity index (χ0) is 14.3. The van der Waals surface area contributed by atoms with Gasteiger partial charge >= 0.3 is 0 Å². The van der Waals surface area contributed by atoms with Gasteiger partial charge in [-0.3, -0.25) is 0 Å². The number of allylic oxidation sites excluding steroid dienone is 1. The number of aromatic nitrogens is 1. The van der Waals surface area contributed by atoms with Crippen molar-refractivity contribution in [3.05, 3.63) is 52.2 Å². The average molecular weight is 296 g/mol. The van der Waals surface area contributed by atoms with E-state index in [9.17, 15) is 0 Å². The van der Waals surface area contributed by atoms with Crippen LogP contribution < -0.4 is 21.1 Å². The third-order valence-electron chi connectivity index (χ3n) is 4.10. The fourth-order valence-electron chi connectivity index (χ4n) is 2.97. The minimum Gasteiger partial charge on any atom is -0.355 e. The van der Waals surface area contributed by atoms with Crippen LogP contribution in [0.3, 0.4) is 0 Å². The van der Waals surface area contributed by atoms with E-state index in [1.54, 1.807) is 10.4 Å². The Morgan fingerprint density at radius 3 is 2.25 bits per heavy atom. The van der Waals surface area contributed by atoms with Gasteiger partial charge in [0.05, 0.1) is 19.0 Å². The molecule has 1 aliphatic rings. The number of hydrogen-bond donors (Lipinski definition) is 1. The number of fused-ring (bicyclic) bond motifs is 1. The Morgan fingerprint density at radius 1 is 1.00 bits per heavy atom. The lowest BCUT2D eigenvalue weighted by Gasteiger charge is -2.09. The van der Waals surface area contributed by atoms with Gasteiger partial charge in [0.15, 0.2) is 0 Å². The first-order valence-corrected chi connectivity index (χ1v) is 11.6. The lowest BCUT2D eigenvalue weighted by molar-refractivity contribution is 1.26. The van der Waals surface area contributed by atoms with Gasteiger partial charge in [-0.1, -0.05) is 48.2 Å². The molecule has 0 aliphatic heterocycles. The Labute approximate surface area is 124 Å². The topological polar surface area (TPSA) is 15.8 Å². The van der Waals surface area contributed by atoms with Crippen LogP contribution in [0.25, 0.3) is 17.7 Å². The molecule has 1 aliphatic carbocycles. The fourth-order valence-corrected chi connectivity index (χ4v) is 5.03. The van der Waals surface area contributed by atoms with Crippen LogP contribution in [0.15, 0.2) is 30.3 Å². The summed E-state index contributed by atoms with van der Waals surface area (Å²) < 4.78 is 0. The van der Waals surface area contributed by atoms with E-state index in [4.69, 9.17) is 0 Å². The van der Waals surface area contributed by atoms with Crippen LogP contribution in [-0.4, -0.2) is 24.0 Å². The van der Waals surface area contributed by atoms with Crippen LogP contribution >= 0.6 is 0 Å². The molecule has 0 amide bonds. The summed E-state index contributed by atoms with van der Waals surface area (Å²) in [5, 5.41) is 5.43. The monoisotopic (exact) mass is 295 g/mol. The lowest BCUT2D eigenvalue weighted by atomic mass is 10.0. The number of rotatable bonds is 3. The predicted molar refractivity (Wildman–Crippen MR) is 96.3 cm³/mol. The van der Waals surface area contributed by atoms with Gasteiger partial charge in [0.2, 0.25) is 0 Å². The summed E-state index contributed by atoms with van der Waals surface area (Å²) >= 11 is 0. The molecule has 1 aromatic heterocycles. The van der Waals surface area contributed by atoms with Crippen molar-refractivity contribution < 1.29 is 0 Å². The Bertz CT molecular complexity index is 790. The van der Waals surface area contributed by atoms with Gasteiger partial charge in [0, 0.05) is 16.3 Å². The van der Waals surface area contributed by atoms with E-state index in [1.165, 1.54) is 27.6 Å². The van der Waals surface area contributed by atoms with Crippen molar-refractivity contribution in [2.24, 2.45) is 0 Å². The van der Waals surface area contributed by atoms with Crippen molar-refractivity contribution in [2.75, 3.05) is 0 Å². The molecular formula is C17H21NSi2. The van der Waals surface area contributed by atoms with E-state index in [2.05, 4.69) is 61.9 Å². The zero-order valence-corrected chi connectivity index (χ0v) is 15.3. The molecule has 3 heteroatoms. The summed E-state index contributed by atoms with van der Waals surface area (Å²) in [5.74, 6) is 0. The molecule has 0 unspecified atom stereocenters. The Kier molecular flexibility index (Phi) is 3.40. The maximum Gasteiger partial charge on any atom is 0.0517 e. The minimum absolute atomic E-state index is 0.103. The first-order chi connectivity index (χ1) is 9.62. The molecule has 102 valence electrons. The average Bonchev–Trinajstić information content (AvgIpc) is 2.97. The standard InChI is InChI=1S/C17H21NSi2/c1-10-5-15(16-6-11(2)18-17(10)16)12-7-13(19-3)9-14(8-12)20-4/h5-9,18H,2,19-20H2,1,3-4H3. The van der Waals surface area contributed by atoms with Gasteiger partial charge in [-0.25, -0.2) is 0 Å². The largest absolute Gasteiger partial charge is 0.355 e. The number of aromatic amines is 1. The van der Waals surface area contributed by atoms with Crippen LogP contribution in [0.4, 0.5) is 0 Å². The molecule has 0 fully saturated rings.